The van der Waals surface area contributed by atoms with Crippen LogP contribution in [0.25, 0.3) is 11.0 Å². The molecule has 1 N–H and O–H groups in total. The second-order valence-corrected chi connectivity index (χ2v) is 4.71. The number of aromatic nitrogens is 3. The molecular weight excluding hydrogens is 489 g/mol. The van der Waals surface area contributed by atoms with Crippen LogP contribution in [0.4, 0.5) is 0 Å². The SMILES string of the molecule is O=C([O-])c1cc2[nH]nnc2c(S(=O)(=O)[O-])c1Cl.[Ag+].[Ag+]. The summed E-state index contributed by atoms with van der Waals surface area (Å²) in [5, 5.41) is 18.9. The van der Waals surface area contributed by atoms with E-state index in [-0.39, 0.29) is 55.8 Å². The molecule has 0 atom stereocenters. The fourth-order valence-corrected chi connectivity index (χ4v) is 2.54. The van der Waals surface area contributed by atoms with Crippen LogP contribution in [0.3, 0.4) is 0 Å². The number of halogens is 1. The maximum atomic E-state index is 11.0. The number of carbonyl (C=O) groups is 1. The van der Waals surface area contributed by atoms with Crippen LogP contribution in [0.1, 0.15) is 10.4 Å². The summed E-state index contributed by atoms with van der Waals surface area (Å²) < 4.78 is 33.0. The zero-order chi connectivity index (χ0) is 12.8. The Kier molecular flexibility index (Phi) is 6.40. The number of fused-ring (bicyclic) bond motifs is 1. The molecular formula is C7H2Ag2ClN3O5S. The van der Waals surface area contributed by atoms with Gasteiger partial charge in [0.15, 0.2) is 0 Å². The maximum Gasteiger partial charge on any atom is 1.00 e. The molecule has 0 radical (unpaired) electrons. The number of nitrogens with one attached hydrogen (secondary N) is 1. The Morgan fingerprint density at radius 2 is 1.95 bits per heavy atom. The molecule has 1 aromatic heterocycles. The fourth-order valence-electron chi connectivity index (χ4n) is 1.31. The molecule has 2 rings (SSSR count). The summed E-state index contributed by atoms with van der Waals surface area (Å²) >= 11 is 5.54. The molecule has 8 nitrogen and oxygen atoms in total. The van der Waals surface area contributed by atoms with Gasteiger partial charge in [-0.2, -0.15) is 0 Å². The molecule has 0 aliphatic carbocycles. The molecule has 0 saturated heterocycles. The average molecular weight is 491 g/mol. The smallest absolute Gasteiger partial charge is 0.744 e. The van der Waals surface area contributed by atoms with E-state index in [9.17, 15) is 22.9 Å². The molecule has 0 saturated carbocycles. The van der Waals surface area contributed by atoms with Crippen molar-refractivity contribution >= 4 is 38.7 Å². The number of H-pyrrole nitrogens is 1. The van der Waals surface area contributed by atoms with Gasteiger partial charge < -0.3 is 14.5 Å². The summed E-state index contributed by atoms with van der Waals surface area (Å²) in [5.41, 5.74) is -0.974. The summed E-state index contributed by atoms with van der Waals surface area (Å²) in [6, 6.07) is 0.988. The van der Waals surface area contributed by atoms with Crippen molar-refractivity contribution in [3.8, 4) is 0 Å². The maximum absolute atomic E-state index is 11.0. The summed E-state index contributed by atoms with van der Waals surface area (Å²) in [7, 11) is -4.98. The van der Waals surface area contributed by atoms with Gasteiger partial charge in [-0.1, -0.05) is 16.8 Å². The molecule has 0 amide bonds. The predicted molar refractivity (Wildman–Crippen MR) is 51.2 cm³/mol. The van der Waals surface area contributed by atoms with Gasteiger partial charge in [0.25, 0.3) is 0 Å². The fraction of sp³-hybridized carbons (Fsp3) is 0. The number of carboxylic acids is 1. The Morgan fingerprint density at radius 3 is 2.42 bits per heavy atom. The zero-order valence-electron chi connectivity index (χ0n) is 8.40. The van der Waals surface area contributed by atoms with Crippen LogP contribution in [0.15, 0.2) is 11.0 Å². The van der Waals surface area contributed by atoms with Crippen molar-refractivity contribution in [3.63, 3.8) is 0 Å². The van der Waals surface area contributed by atoms with Crippen molar-refractivity contribution < 1.29 is 67.6 Å². The normalized spacial score (nSPS) is 10.6. The van der Waals surface area contributed by atoms with Crippen molar-refractivity contribution in [1.82, 2.24) is 15.4 Å². The largest absolute Gasteiger partial charge is 1.00 e. The molecule has 12 heteroatoms. The number of hydrogen-bond donors (Lipinski definition) is 1. The van der Waals surface area contributed by atoms with Crippen LogP contribution >= 0.6 is 11.6 Å². The second kappa shape index (κ2) is 6.48. The van der Waals surface area contributed by atoms with Gasteiger partial charge in [0.05, 0.1) is 16.5 Å². The van der Waals surface area contributed by atoms with Crippen molar-refractivity contribution in [3.05, 3.63) is 16.7 Å². The Balaban J connectivity index is 0.00000162. The van der Waals surface area contributed by atoms with Crippen molar-refractivity contribution in [2.75, 3.05) is 0 Å². The van der Waals surface area contributed by atoms with E-state index in [1.165, 1.54) is 0 Å². The first kappa shape index (κ1) is 18.8. The number of carbonyl (C=O) groups excluding carboxylic acids is 1. The number of carboxylic acid groups (broad SMARTS) is 1. The van der Waals surface area contributed by atoms with Gasteiger partial charge >= 0.3 is 44.8 Å². The molecule has 1 heterocycles. The van der Waals surface area contributed by atoms with E-state index in [0.29, 0.717) is 0 Å². The summed E-state index contributed by atoms with van der Waals surface area (Å²) in [6.45, 7) is 0. The van der Waals surface area contributed by atoms with Crippen LogP contribution < -0.4 is 5.11 Å². The van der Waals surface area contributed by atoms with E-state index in [1.54, 1.807) is 0 Å². The minimum Gasteiger partial charge on any atom is -0.744 e. The zero-order valence-corrected chi connectivity index (χ0v) is 12.9. The van der Waals surface area contributed by atoms with Crippen LogP contribution in [0.2, 0.25) is 5.02 Å². The van der Waals surface area contributed by atoms with E-state index in [0.717, 1.165) is 6.07 Å². The van der Waals surface area contributed by atoms with Gasteiger partial charge in [-0.15, -0.1) is 5.10 Å². The molecule has 0 fully saturated rings. The Morgan fingerprint density at radius 1 is 1.37 bits per heavy atom. The molecule has 1 aromatic carbocycles. The van der Waals surface area contributed by atoms with Gasteiger partial charge in [0, 0.05) is 5.56 Å². The molecule has 19 heavy (non-hydrogen) atoms. The number of aromatic amines is 1. The topological polar surface area (TPSA) is 139 Å². The molecule has 0 aliphatic heterocycles. The second-order valence-electron chi connectivity index (χ2n) is 3.02. The standard InChI is InChI=1S/C7H4ClN3O5S.2Ag/c8-4-2(7(12)13)1-3-5(10-11-9-3)6(4)17(14,15)16;;/h1H,(H,12,13)(H,9,10,11)(H,14,15,16);;/q;2*+1/p-2. The third kappa shape index (κ3) is 3.45. The first-order valence-corrected chi connectivity index (χ1v) is 5.81. The van der Waals surface area contributed by atoms with E-state index in [2.05, 4.69) is 15.4 Å². The number of hydrogen-bond acceptors (Lipinski definition) is 7. The Bertz CT molecular complexity index is 732. The summed E-state index contributed by atoms with van der Waals surface area (Å²) in [6.07, 6.45) is 0. The molecule has 2 aromatic rings. The summed E-state index contributed by atoms with van der Waals surface area (Å²) in [4.78, 5) is 9.79. The first-order valence-electron chi connectivity index (χ1n) is 4.03. The molecule has 0 spiro atoms. The van der Waals surface area contributed by atoms with Crippen LogP contribution in [-0.4, -0.2) is 34.4 Å². The van der Waals surface area contributed by atoms with Gasteiger partial charge in [-0.25, -0.2) is 8.42 Å². The van der Waals surface area contributed by atoms with E-state index in [4.69, 9.17) is 11.6 Å². The van der Waals surface area contributed by atoms with E-state index < -0.39 is 31.6 Å². The van der Waals surface area contributed by atoms with Crippen LogP contribution in [0.5, 0.6) is 0 Å². The van der Waals surface area contributed by atoms with Crippen molar-refractivity contribution in [2.24, 2.45) is 0 Å². The number of aromatic carboxylic acids is 1. The summed E-state index contributed by atoms with van der Waals surface area (Å²) in [5.74, 6) is -1.71. The predicted octanol–water partition coefficient (Wildman–Crippen LogP) is -1.13. The Hall–Kier alpha value is -0.229. The third-order valence-electron chi connectivity index (χ3n) is 1.99. The Labute approximate surface area is 142 Å². The minimum atomic E-state index is -4.98. The first-order chi connectivity index (χ1) is 7.82. The van der Waals surface area contributed by atoms with Crippen LogP contribution in [-0.2, 0) is 54.9 Å². The molecule has 0 aliphatic rings. The van der Waals surface area contributed by atoms with Gasteiger partial charge in [0.2, 0.25) is 0 Å². The average Bonchev–Trinajstić information content (AvgIpc) is 2.60. The van der Waals surface area contributed by atoms with Crippen LogP contribution in [0, 0.1) is 0 Å². The molecule has 0 bridgehead atoms. The van der Waals surface area contributed by atoms with Crippen molar-refractivity contribution in [2.45, 2.75) is 4.90 Å². The minimum absolute atomic E-state index is 0. The monoisotopic (exact) mass is 489 g/mol. The van der Waals surface area contributed by atoms with Gasteiger partial charge in [-0.05, 0) is 6.07 Å². The van der Waals surface area contributed by atoms with E-state index >= 15 is 0 Å². The number of rotatable bonds is 2. The third-order valence-corrected chi connectivity index (χ3v) is 3.39. The van der Waals surface area contributed by atoms with E-state index in [1.807, 2.05) is 0 Å². The van der Waals surface area contributed by atoms with Gasteiger partial charge in [0.1, 0.15) is 20.5 Å². The molecule has 0 unspecified atom stereocenters. The number of benzene rings is 1. The quantitative estimate of drug-likeness (QED) is 0.415. The number of nitrogens with zero attached hydrogens (tertiary/aromatic N) is 2. The van der Waals surface area contributed by atoms with Gasteiger partial charge in [-0.3, -0.25) is 5.10 Å². The molecule has 110 valence electrons. The van der Waals surface area contributed by atoms with Crippen molar-refractivity contribution in [1.29, 1.82) is 0 Å².